The molecule has 0 aromatic heterocycles. The highest BCUT2D eigenvalue weighted by Crippen LogP contribution is 2.14. The van der Waals surface area contributed by atoms with Gasteiger partial charge in [0, 0.05) is 25.5 Å². The monoisotopic (exact) mass is 214 g/mol. The lowest BCUT2D eigenvalue weighted by molar-refractivity contribution is 0.385. The van der Waals surface area contributed by atoms with Gasteiger partial charge in [0.05, 0.1) is 6.54 Å². The van der Waals surface area contributed by atoms with E-state index >= 15 is 0 Å². The molecule has 0 spiro atoms. The summed E-state index contributed by atoms with van der Waals surface area (Å²) >= 11 is 0. The molecule has 1 N–H and O–H groups in total. The van der Waals surface area contributed by atoms with Crippen molar-refractivity contribution in [2.24, 2.45) is 0 Å². The highest BCUT2D eigenvalue weighted by molar-refractivity contribution is 5.28. The predicted molar refractivity (Wildman–Crippen MR) is 67.8 cm³/mol. The van der Waals surface area contributed by atoms with Gasteiger partial charge in [-0.1, -0.05) is 30.3 Å². The molecule has 1 aliphatic rings. The molecular formula is C14H18N2. The minimum Gasteiger partial charge on any atom is -0.390 e. The Morgan fingerprint density at radius 1 is 1.25 bits per heavy atom. The van der Waals surface area contributed by atoms with E-state index in [-0.39, 0.29) is 0 Å². The molecule has 0 saturated heterocycles. The van der Waals surface area contributed by atoms with Crippen LogP contribution in [0.4, 0.5) is 0 Å². The quantitative estimate of drug-likeness (QED) is 0.831. The average Bonchev–Trinajstić information content (AvgIpc) is 2.33. The summed E-state index contributed by atoms with van der Waals surface area (Å²) < 4.78 is 0. The highest BCUT2D eigenvalue weighted by Gasteiger charge is 2.09. The molecule has 1 aromatic rings. The van der Waals surface area contributed by atoms with Crippen LogP contribution in [-0.4, -0.2) is 18.5 Å². The summed E-state index contributed by atoms with van der Waals surface area (Å²) in [7, 11) is 1.98. The van der Waals surface area contributed by atoms with Gasteiger partial charge < -0.3 is 10.2 Å². The molecule has 1 aromatic carbocycles. The van der Waals surface area contributed by atoms with Crippen LogP contribution < -0.4 is 5.32 Å². The van der Waals surface area contributed by atoms with Crippen LogP contribution in [0.2, 0.25) is 0 Å². The normalized spacial score (nSPS) is 15.5. The second kappa shape index (κ2) is 4.88. The van der Waals surface area contributed by atoms with Gasteiger partial charge in [0.2, 0.25) is 0 Å². The Kier molecular flexibility index (Phi) is 3.30. The van der Waals surface area contributed by atoms with Crippen molar-refractivity contribution < 1.29 is 0 Å². The Bertz CT molecular complexity index is 404. The second-order valence-corrected chi connectivity index (χ2v) is 4.12. The van der Waals surface area contributed by atoms with Gasteiger partial charge in [-0.2, -0.15) is 0 Å². The Morgan fingerprint density at radius 2 is 2.00 bits per heavy atom. The van der Waals surface area contributed by atoms with Crippen LogP contribution in [0.1, 0.15) is 12.5 Å². The molecule has 2 rings (SSSR count). The van der Waals surface area contributed by atoms with E-state index in [0.717, 1.165) is 13.1 Å². The zero-order valence-corrected chi connectivity index (χ0v) is 9.90. The molecule has 0 bridgehead atoms. The van der Waals surface area contributed by atoms with Crippen molar-refractivity contribution in [1.82, 2.24) is 10.2 Å². The van der Waals surface area contributed by atoms with Crippen molar-refractivity contribution in [3.8, 4) is 0 Å². The minimum atomic E-state index is 0.966. The molecule has 84 valence electrons. The summed E-state index contributed by atoms with van der Waals surface area (Å²) in [5.74, 6) is 0. The van der Waals surface area contributed by atoms with Crippen LogP contribution in [0, 0.1) is 0 Å². The summed E-state index contributed by atoms with van der Waals surface area (Å²) in [6, 6.07) is 10.6. The summed E-state index contributed by atoms with van der Waals surface area (Å²) in [6.07, 6.45) is 4.33. The minimum absolute atomic E-state index is 0.966. The number of rotatable bonds is 3. The Balaban J connectivity index is 2.02. The molecule has 0 atom stereocenters. The van der Waals surface area contributed by atoms with E-state index in [1.165, 1.54) is 16.8 Å². The Hall–Kier alpha value is -1.70. The first kappa shape index (κ1) is 10.8. The van der Waals surface area contributed by atoms with Crippen molar-refractivity contribution >= 4 is 0 Å². The fourth-order valence-corrected chi connectivity index (χ4v) is 1.90. The molecule has 0 saturated carbocycles. The molecule has 0 amide bonds. The molecule has 0 radical (unpaired) electrons. The van der Waals surface area contributed by atoms with E-state index < -0.39 is 0 Å². The zero-order chi connectivity index (χ0) is 11.4. The zero-order valence-electron chi connectivity index (χ0n) is 9.90. The van der Waals surface area contributed by atoms with Crippen molar-refractivity contribution in [3.63, 3.8) is 0 Å². The maximum Gasteiger partial charge on any atom is 0.0577 e. The van der Waals surface area contributed by atoms with Crippen molar-refractivity contribution in [2.75, 3.05) is 13.6 Å². The number of nitrogens with zero attached hydrogens (tertiary/aromatic N) is 1. The van der Waals surface area contributed by atoms with Crippen molar-refractivity contribution in [2.45, 2.75) is 13.5 Å². The largest absolute Gasteiger partial charge is 0.390 e. The average molecular weight is 214 g/mol. The lowest BCUT2D eigenvalue weighted by Gasteiger charge is -2.26. The summed E-state index contributed by atoms with van der Waals surface area (Å²) in [5.41, 5.74) is 3.98. The van der Waals surface area contributed by atoms with Gasteiger partial charge in [-0.15, -0.1) is 0 Å². The number of benzene rings is 1. The van der Waals surface area contributed by atoms with Crippen LogP contribution in [0.25, 0.3) is 0 Å². The fourth-order valence-electron chi connectivity index (χ4n) is 1.90. The van der Waals surface area contributed by atoms with E-state index in [0.29, 0.717) is 0 Å². The second-order valence-electron chi connectivity index (χ2n) is 4.12. The first-order valence-electron chi connectivity index (χ1n) is 5.63. The molecule has 0 unspecified atom stereocenters. The molecule has 16 heavy (non-hydrogen) atoms. The Labute approximate surface area is 97.3 Å². The van der Waals surface area contributed by atoms with Crippen molar-refractivity contribution in [1.29, 1.82) is 0 Å². The van der Waals surface area contributed by atoms with E-state index in [2.05, 4.69) is 59.7 Å². The third-order valence-corrected chi connectivity index (χ3v) is 2.90. The van der Waals surface area contributed by atoms with Crippen LogP contribution in [-0.2, 0) is 6.54 Å². The molecule has 2 heteroatoms. The topological polar surface area (TPSA) is 15.3 Å². The van der Waals surface area contributed by atoms with Gasteiger partial charge in [-0.3, -0.25) is 0 Å². The first-order chi connectivity index (χ1) is 7.79. The van der Waals surface area contributed by atoms with Crippen LogP contribution in [0.3, 0.4) is 0 Å². The number of likely N-dealkylation sites (N-methyl/N-ethyl adjacent to an activating group) is 1. The molecule has 0 aliphatic carbocycles. The standard InChI is InChI=1S/C14H18N2/c1-12-8-9-16(11-14(12)15-2)10-13-6-4-3-5-7-13/h3-9,15H,10-11H2,1-2H3. The van der Waals surface area contributed by atoms with E-state index in [1.807, 2.05) is 7.05 Å². The van der Waals surface area contributed by atoms with Crippen LogP contribution >= 0.6 is 0 Å². The van der Waals surface area contributed by atoms with Crippen LogP contribution in [0.5, 0.6) is 0 Å². The van der Waals surface area contributed by atoms with Gasteiger partial charge >= 0.3 is 0 Å². The first-order valence-corrected chi connectivity index (χ1v) is 5.63. The van der Waals surface area contributed by atoms with Crippen LogP contribution in [0.15, 0.2) is 53.9 Å². The highest BCUT2D eigenvalue weighted by atomic mass is 15.1. The van der Waals surface area contributed by atoms with E-state index in [4.69, 9.17) is 0 Å². The SMILES string of the molecule is CNC1=C(C)C=CN(Cc2ccccc2)C1. The number of allylic oxidation sites excluding steroid dienone is 2. The van der Waals surface area contributed by atoms with Gasteiger partial charge in [-0.25, -0.2) is 0 Å². The Morgan fingerprint density at radius 3 is 2.69 bits per heavy atom. The summed E-state index contributed by atoms with van der Waals surface area (Å²) in [5, 5.41) is 3.26. The summed E-state index contributed by atoms with van der Waals surface area (Å²) in [6.45, 7) is 4.08. The van der Waals surface area contributed by atoms with E-state index in [1.54, 1.807) is 0 Å². The maximum absolute atomic E-state index is 3.26. The molecular weight excluding hydrogens is 196 g/mol. The number of hydrogen-bond donors (Lipinski definition) is 1. The lowest BCUT2D eigenvalue weighted by Crippen LogP contribution is -2.28. The fraction of sp³-hybridized carbons (Fsp3) is 0.286. The molecule has 0 fully saturated rings. The number of nitrogens with one attached hydrogen (secondary N) is 1. The third kappa shape index (κ3) is 2.45. The predicted octanol–water partition coefficient (Wildman–Crippen LogP) is 2.51. The number of hydrogen-bond acceptors (Lipinski definition) is 2. The van der Waals surface area contributed by atoms with Crippen molar-refractivity contribution in [3.05, 3.63) is 59.4 Å². The maximum atomic E-state index is 3.26. The van der Waals surface area contributed by atoms with E-state index in [9.17, 15) is 0 Å². The molecule has 2 nitrogen and oxygen atoms in total. The molecule has 1 aliphatic heterocycles. The van der Waals surface area contributed by atoms with Gasteiger partial charge in [0.15, 0.2) is 0 Å². The smallest absolute Gasteiger partial charge is 0.0577 e. The van der Waals surface area contributed by atoms with Gasteiger partial charge in [0.25, 0.3) is 0 Å². The third-order valence-electron chi connectivity index (χ3n) is 2.90. The molecule has 1 heterocycles. The summed E-state index contributed by atoms with van der Waals surface area (Å²) in [4.78, 5) is 2.31. The van der Waals surface area contributed by atoms with Gasteiger partial charge in [0.1, 0.15) is 0 Å². The van der Waals surface area contributed by atoms with Gasteiger partial charge in [-0.05, 0) is 24.1 Å². The lowest BCUT2D eigenvalue weighted by atomic mass is 10.1.